The van der Waals surface area contributed by atoms with E-state index in [1.165, 1.54) is 41.9 Å². The van der Waals surface area contributed by atoms with E-state index in [0.29, 0.717) is 6.10 Å². The van der Waals surface area contributed by atoms with Crippen molar-refractivity contribution in [2.45, 2.75) is 46.1 Å². The van der Waals surface area contributed by atoms with E-state index < -0.39 is 0 Å². The number of nitrogens with one attached hydrogen (secondary N) is 1. The quantitative estimate of drug-likeness (QED) is 0.816. The highest BCUT2D eigenvalue weighted by Crippen LogP contribution is 2.28. The molecule has 2 aliphatic rings. The molecule has 0 aromatic heterocycles. The maximum absolute atomic E-state index is 5.64. The fourth-order valence-corrected chi connectivity index (χ4v) is 2.69. The number of allylic oxidation sites excluding steroid dienone is 1. The van der Waals surface area contributed by atoms with Gasteiger partial charge in [-0.05, 0) is 50.4 Å². The summed E-state index contributed by atoms with van der Waals surface area (Å²) in [4.78, 5) is 4.01. The van der Waals surface area contributed by atoms with E-state index in [9.17, 15) is 0 Å². The number of amidine groups is 1. The molecule has 146 valence electrons. The third kappa shape index (κ3) is 7.62. The van der Waals surface area contributed by atoms with Gasteiger partial charge in [-0.25, -0.2) is 4.99 Å². The van der Waals surface area contributed by atoms with Crippen LogP contribution in [-0.2, 0) is 11.2 Å². The highest BCUT2D eigenvalue weighted by molar-refractivity contribution is 6.18. The van der Waals surface area contributed by atoms with Gasteiger partial charge in [0, 0.05) is 18.4 Å². The molecule has 0 amide bonds. The first-order chi connectivity index (χ1) is 13.1. The van der Waals surface area contributed by atoms with Crippen molar-refractivity contribution in [2.24, 2.45) is 15.8 Å². The molecule has 27 heavy (non-hydrogen) atoms. The second-order valence-electron chi connectivity index (χ2n) is 6.28. The largest absolute Gasteiger partial charge is 0.405 e. The molecule has 1 aromatic rings. The van der Waals surface area contributed by atoms with Gasteiger partial charge < -0.3 is 10.5 Å². The molecule has 0 bridgehead atoms. The predicted octanol–water partition coefficient (Wildman–Crippen LogP) is 4.64. The maximum atomic E-state index is 5.64. The molecule has 2 heterocycles. The molecule has 1 fully saturated rings. The van der Waals surface area contributed by atoms with Crippen LogP contribution in [0, 0.1) is 0 Å². The molecule has 0 spiro atoms. The third-order valence-corrected chi connectivity index (χ3v) is 4.04. The average molecular weight is 369 g/mol. The van der Waals surface area contributed by atoms with Gasteiger partial charge in [0.25, 0.3) is 0 Å². The number of benzene rings is 1. The minimum absolute atomic E-state index is 0.367. The van der Waals surface area contributed by atoms with Crippen molar-refractivity contribution in [3.63, 3.8) is 0 Å². The number of rotatable bonds is 3. The van der Waals surface area contributed by atoms with Crippen LogP contribution in [0.4, 0.5) is 0 Å². The summed E-state index contributed by atoms with van der Waals surface area (Å²) in [5.41, 5.74) is 12.4. The Kier molecular flexibility index (Phi) is 10.5. The first kappa shape index (κ1) is 22.4. The van der Waals surface area contributed by atoms with Gasteiger partial charge >= 0.3 is 0 Å². The minimum Gasteiger partial charge on any atom is -0.405 e. The lowest BCUT2D eigenvalue weighted by Gasteiger charge is -2.10. The minimum atomic E-state index is 0.367. The van der Waals surface area contributed by atoms with Crippen molar-refractivity contribution in [3.05, 3.63) is 72.1 Å². The monoisotopic (exact) mass is 368 g/mol. The molecule has 3 N–H and O–H groups in total. The number of hydrogen-bond acceptors (Lipinski definition) is 4. The van der Waals surface area contributed by atoms with Crippen molar-refractivity contribution >= 4 is 12.1 Å². The molecular weight excluding hydrogens is 336 g/mol. The third-order valence-electron chi connectivity index (χ3n) is 4.04. The van der Waals surface area contributed by atoms with E-state index >= 15 is 0 Å². The normalized spacial score (nSPS) is 18.7. The Morgan fingerprint density at radius 2 is 2.15 bits per heavy atom. The molecule has 5 nitrogen and oxygen atoms in total. The highest BCUT2D eigenvalue weighted by atomic mass is 16.5. The summed E-state index contributed by atoms with van der Waals surface area (Å²) in [5.74, 6) is 0.778. The van der Waals surface area contributed by atoms with Gasteiger partial charge in [0.15, 0.2) is 5.84 Å². The second-order valence-corrected chi connectivity index (χ2v) is 6.28. The van der Waals surface area contributed by atoms with Crippen LogP contribution in [0.1, 0.15) is 50.8 Å². The molecule has 3 rings (SSSR count). The Morgan fingerprint density at radius 3 is 2.70 bits per heavy atom. The van der Waals surface area contributed by atoms with E-state index in [-0.39, 0.29) is 0 Å². The van der Waals surface area contributed by atoms with Crippen LogP contribution >= 0.6 is 0 Å². The zero-order valence-electron chi connectivity index (χ0n) is 16.7. The molecule has 5 heteroatoms. The number of hydrogen-bond donors (Lipinski definition) is 2. The van der Waals surface area contributed by atoms with Crippen LogP contribution in [0.5, 0.6) is 0 Å². The average Bonchev–Trinajstić information content (AvgIpc) is 3.35. The van der Waals surface area contributed by atoms with Gasteiger partial charge in [-0.1, -0.05) is 49.9 Å². The summed E-state index contributed by atoms with van der Waals surface area (Å²) in [6.45, 7) is 13.8. The first-order valence-corrected chi connectivity index (χ1v) is 9.26. The van der Waals surface area contributed by atoms with E-state index in [1.807, 2.05) is 13.8 Å². The summed E-state index contributed by atoms with van der Waals surface area (Å²) in [5, 5.41) is 3.87. The van der Waals surface area contributed by atoms with Crippen molar-refractivity contribution in [1.82, 2.24) is 5.43 Å². The Labute approximate surface area is 163 Å². The van der Waals surface area contributed by atoms with Crippen LogP contribution < -0.4 is 11.2 Å². The maximum Gasteiger partial charge on any atom is 0.154 e. The second kappa shape index (κ2) is 12.7. The van der Waals surface area contributed by atoms with Crippen LogP contribution in [0.3, 0.4) is 0 Å². The Bertz CT molecular complexity index is 694. The lowest BCUT2D eigenvalue weighted by Crippen LogP contribution is -2.13. The van der Waals surface area contributed by atoms with Crippen molar-refractivity contribution < 1.29 is 4.74 Å². The Balaban J connectivity index is 0.000000239. The Morgan fingerprint density at radius 1 is 1.41 bits per heavy atom. The number of ether oxygens (including phenoxy) is 1. The standard InChI is InChI=1S/C12H16O.C8H11N3.C2H5N/c1-2-10-5-3-6-11(9-10)12-7-4-8-13-12;1-4-9-8-7(6(2)3)5-10-11-8;1-2-3/h3,5-6,9,12H,2,4,7-8H2,1H3;4-5H,1H2,2-3H3,(H,9,11);2H,1,3H2. The summed E-state index contributed by atoms with van der Waals surface area (Å²) >= 11 is 0. The SMILES string of the molecule is C=CN.C=CN=C1NN=CC1=C(C)C.CCc1cccc(C2CCCO2)c1. The van der Waals surface area contributed by atoms with E-state index in [4.69, 9.17) is 4.74 Å². The van der Waals surface area contributed by atoms with E-state index in [1.54, 1.807) is 6.21 Å². The highest BCUT2D eigenvalue weighted by Gasteiger charge is 2.17. The molecule has 1 atom stereocenters. The molecule has 0 radical (unpaired) electrons. The van der Waals surface area contributed by atoms with Crippen LogP contribution in [0.15, 0.2) is 71.1 Å². The molecule has 0 aliphatic carbocycles. The molecule has 1 aromatic carbocycles. The fraction of sp³-hybridized carbons (Fsp3) is 0.364. The number of nitrogens with zero attached hydrogens (tertiary/aromatic N) is 2. The van der Waals surface area contributed by atoms with Crippen LogP contribution in [0.25, 0.3) is 0 Å². The lowest BCUT2D eigenvalue weighted by atomic mass is 10.0. The summed E-state index contributed by atoms with van der Waals surface area (Å²) < 4.78 is 5.64. The van der Waals surface area contributed by atoms with Gasteiger partial charge in [-0.2, -0.15) is 5.10 Å². The van der Waals surface area contributed by atoms with Crippen molar-refractivity contribution in [2.75, 3.05) is 6.61 Å². The first-order valence-electron chi connectivity index (χ1n) is 9.26. The molecule has 1 saturated heterocycles. The van der Waals surface area contributed by atoms with E-state index in [0.717, 1.165) is 24.4 Å². The Hall–Kier alpha value is -2.66. The zero-order valence-corrected chi connectivity index (χ0v) is 16.7. The zero-order chi connectivity index (χ0) is 20.1. The number of aryl methyl sites for hydroxylation is 1. The van der Waals surface area contributed by atoms with Gasteiger partial charge in [0.1, 0.15) is 0 Å². The number of hydrazone groups is 1. The number of aliphatic imine (C=N–C) groups is 1. The summed E-state index contributed by atoms with van der Waals surface area (Å²) in [6, 6.07) is 8.76. The van der Waals surface area contributed by atoms with Gasteiger partial charge in [0.2, 0.25) is 0 Å². The fourth-order valence-electron chi connectivity index (χ4n) is 2.69. The van der Waals surface area contributed by atoms with Gasteiger partial charge in [-0.15, -0.1) is 0 Å². The van der Waals surface area contributed by atoms with Crippen LogP contribution in [-0.4, -0.2) is 18.7 Å². The number of nitrogens with two attached hydrogens (primary N) is 1. The van der Waals surface area contributed by atoms with Crippen molar-refractivity contribution in [1.29, 1.82) is 0 Å². The van der Waals surface area contributed by atoms with E-state index in [2.05, 4.69) is 65.6 Å². The molecular formula is C22H32N4O. The summed E-state index contributed by atoms with van der Waals surface area (Å²) in [7, 11) is 0. The van der Waals surface area contributed by atoms with Gasteiger partial charge in [0.05, 0.1) is 12.3 Å². The smallest absolute Gasteiger partial charge is 0.154 e. The topological polar surface area (TPSA) is 72.0 Å². The molecule has 1 unspecified atom stereocenters. The molecule has 2 aliphatic heterocycles. The van der Waals surface area contributed by atoms with Gasteiger partial charge in [-0.3, -0.25) is 5.43 Å². The van der Waals surface area contributed by atoms with Crippen LogP contribution in [0.2, 0.25) is 0 Å². The van der Waals surface area contributed by atoms with Crippen molar-refractivity contribution in [3.8, 4) is 0 Å². The predicted molar refractivity (Wildman–Crippen MR) is 116 cm³/mol. The molecule has 0 saturated carbocycles. The lowest BCUT2D eigenvalue weighted by molar-refractivity contribution is 0.112. The summed E-state index contributed by atoms with van der Waals surface area (Å²) in [6.07, 6.45) is 8.39.